The van der Waals surface area contributed by atoms with Crippen LogP contribution < -0.4 is 5.32 Å². The minimum Gasteiger partial charge on any atom is -0.303 e. The molecule has 9 heteroatoms. The number of carbonyl (C=O) groups excluding carboxylic acids is 1. The fraction of sp³-hybridized carbons (Fsp3) is 0.368. The molecular weight excluding hydrogens is 458 g/mol. The van der Waals surface area contributed by atoms with Crippen molar-refractivity contribution in [2.24, 2.45) is 0 Å². The van der Waals surface area contributed by atoms with E-state index >= 15 is 0 Å². The van der Waals surface area contributed by atoms with E-state index < -0.39 is 0 Å². The molecule has 1 amide bonds. The first-order chi connectivity index (χ1) is 13.5. The number of carbonyl (C=O) groups is 1. The number of aromatic nitrogens is 4. The number of anilines is 1. The minimum atomic E-state index is -0.0898. The molecule has 0 unspecified atom stereocenters. The number of rotatable bonds is 7. The summed E-state index contributed by atoms with van der Waals surface area (Å²) in [6.07, 6.45) is 2.36. The molecule has 0 radical (unpaired) electrons. The third kappa shape index (κ3) is 4.47. The lowest BCUT2D eigenvalue weighted by atomic mass is 10.2. The highest BCUT2D eigenvalue weighted by molar-refractivity contribution is 9.10. The fourth-order valence-electron chi connectivity index (χ4n) is 2.86. The summed E-state index contributed by atoms with van der Waals surface area (Å²) in [6.45, 7) is 4.25. The van der Waals surface area contributed by atoms with Crippen LogP contribution in [0.4, 0.5) is 5.13 Å². The second-order valence-electron chi connectivity index (χ2n) is 6.96. The zero-order chi connectivity index (χ0) is 19.7. The summed E-state index contributed by atoms with van der Waals surface area (Å²) in [5.74, 6) is 1.78. The van der Waals surface area contributed by atoms with Gasteiger partial charge in [-0.25, -0.2) is 4.98 Å². The van der Waals surface area contributed by atoms with E-state index in [1.165, 1.54) is 35.9 Å². The van der Waals surface area contributed by atoms with E-state index in [1.807, 2.05) is 29.6 Å². The summed E-state index contributed by atoms with van der Waals surface area (Å²) in [5, 5.41) is 14.9. The van der Waals surface area contributed by atoms with E-state index in [2.05, 4.69) is 54.8 Å². The van der Waals surface area contributed by atoms with Crippen molar-refractivity contribution in [2.45, 2.75) is 43.8 Å². The Bertz CT molecular complexity index is 979. The number of hydrogen-bond donors (Lipinski definition) is 1. The Kier molecular flexibility index (Phi) is 5.84. The summed E-state index contributed by atoms with van der Waals surface area (Å²) in [4.78, 5) is 16.9. The summed E-state index contributed by atoms with van der Waals surface area (Å²) in [7, 11) is 0. The average molecular weight is 478 g/mol. The number of benzene rings is 1. The van der Waals surface area contributed by atoms with Crippen LogP contribution in [-0.4, -0.2) is 31.4 Å². The zero-order valence-corrected chi connectivity index (χ0v) is 18.8. The van der Waals surface area contributed by atoms with Gasteiger partial charge in [0.2, 0.25) is 5.91 Å². The third-order valence-electron chi connectivity index (χ3n) is 4.37. The lowest BCUT2D eigenvalue weighted by molar-refractivity contribution is -0.113. The molecule has 0 saturated heterocycles. The van der Waals surface area contributed by atoms with Crippen LogP contribution in [0, 0.1) is 0 Å². The van der Waals surface area contributed by atoms with E-state index in [4.69, 9.17) is 0 Å². The molecule has 1 aliphatic carbocycles. The number of nitrogens with one attached hydrogen (secondary N) is 1. The van der Waals surface area contributed by atoms with Crippen LogP contribution >= 0.6 is 39.0 Å². The molecule has 1 fully saturated rings. The molecule has 1 saturated carbocycles. The molecule has 1 N–H and O–H groups in total. The van der Waals surface area contributed by atoms with Crippen LogP contribution in [-0.2, 0) is 4.79 Å². The van der Waals surface area contributed by atoms with Crippen molar-refractivity contribution < 1.29 is 4.79 Å². The van der Waals surface area contributed by atoms with Gasteiger partial charge in [0.25, 0.3) is 0 Å². The number of thioether (sulfide) groups is 1. The third-order valence-corrected chi connectivity index (χ3v) is 6.60. The monoisotopic (exact) mass is 477 g/mol. The van der Waals surface area contributed by atoms with Gasteiger partial charge < -0.3 is 9.88 Å². The van der Waals surface area contributed by atoms with Gasteiger partial charge >= 0.3 is 0 Å². The van der Waals surface area contributed by atoms with Crippen LogP contribution in [0.15, 0.2) is 39.3 Å². The topological polar surface area (TPSA) is 72.7 Å². The summed E-state index contributed by atoms with van der Waals surface area (Å²) in [5.41, 5.74) is 1.88. The molecule has 2 heterocycles. The first kappa shape index (κ1) is 19.6. The number of thiazole rings is 1. The Balaban J connectivity index is 1.37. The highest BCUT2D eigenvalue weighted by Gasteiger charge is 2.31. The lowest BCUT2D eigenvalue weighted by Crippen LogP contribution is -2.15. The summed E-state index contributed by atoms with van der Waals surface area (Å²) >= 11 is 6.28. The van der Waals surface area contributed by atoms with E-state index in [9.17, 15) is 4.79 Å². The van der Waals surface area contributed by atoms with Crippen molar-refractivity contribution in [3.05, 3.63) is 39.9 Å². The largest absolute Gasteiger partial charge is 0.303 e. The Hall–Kier alpha value is -1.71. The standard InChI is InChI=1S/C19H20BrN5OS2/c1-11(2)25-17(13-3-4-13)23-24-19(25)28-10-16(26)22-18-21-15(9-27-18)12-5-7-14(20)8-6-12/h5-9,11,13H,3-4,10H2,1-2H3,(H,21,22,26). The SMILES string of the molecule is CC(C)n1c(SCC(=O)Nc2nc(-c3ccc(Br)cc3)cs2)nnc1C1CC1. The maximum absolute atomic E-state index is 12.4. The van der Waals surface area contributed by atoms with E-state index in [0.29, 0.717) is 11.0 Å². The first-order valence-electron chi connectivity index (χ1n) is 9.10. The van der Waals surface area contributed by atoms with Gasteiger partial charge in [0, 0.05) is 27.4 Å². The molecular formula is C19H20BrN5OS2. The molecule has 3 aromatic rings. The Morgan fingerprint density at radius 3 is 2.75 bits per heavy atom. The fourth-order valence-corrected chi connectivity index (χ4v) is 4.74. The predicted octanol–water partition coefficient (Wildman–Crippen LogP) is 5.35. The van der Waals surface area contributed by atoms with Crippen molar-refractivity contribution in [3.8, 4) is 11.3 Å². The van der Waals surface area contributed by atoms with Crippen LogP contribution in [0.25, 0.3) is 11.3 Å². The zero-order valence-electron chi connectivity index (χ0n) is 15.6. The van der Waals surface area contributed by atoms with Gasteiger partial charge in [0.15, 0.2) is 10.3 Å². The van der Waals surface area contributed by atoms with Crippen molar-refractivity contribution in [2.75, 3.05) is 11.1 Å². The molecule has 146 valence electrons. The van der Waals surface area contributed by atoms with Gasteiger partial charge in [-0.15, -0.1) is 21.5 Å². The molecule has 28 heavy (non-hydrogen) atoms. The highest BCUT2D eigenvalue weighted by atomic mass is 79.9. The number of hydrogen-bond acceptors (Lipinski definition) is 6. The van der Waals surface area contributed by atoms with E-state index in [0.717, 1.165) is 26.7 Å². The Morgan fingerprint density at radius 2 is 2.07 bits per heavy atom. The van der Waals surface area contributed by atoms with Gasteiger partial charge in [0.1, 0.15) is 5.82 Å². The quantitative estimate of drug-likeness (QED) is 0.464. The van der Waals surface area contributed by atoms with Crippen LogP contribution in [0.1, 0.15) is 44.5 Å². The molecule has 0 atom stereocenters. The minimum absolute atomic E-state index is 0.0898. The van der Waals surface area contributed by atoms with E-state index in [1.54, 1.807) is 0 Å². The number of nitrogens with zero attached hydrogens (tertiary/aromatic N) is 4. The second kappa shape index (κ2) is 8.34. The normalized spacial score (nSPS) is 13.9. The lowest BCUT2D eigenvalue weighted by Gasteiger charge is -2.13. The van der Waals surface area contributed by atoms with Gasteiger partial charge in [-0.2, -0.15) is 0 Å². The van der Waals surface area contributed by atoms with Crippen molar-refractivity contribution in [1.82, 2.24) is 19.7 Å². The highest BCUT2D eigenvalue weighted by Crippen LogP contribution is 2.41. The summed E-state index contributed by atoms with van der Waals surface area (Å²) in [6, 6.07) is 8.23. The molecule has 2 aromatic heterocycles. The molecule has 1 aliphatic rings. The molecule has 0 bridgehead atoms. The Labute approximate surface area is 180 Å². The van der Waals surface area contributed by atoms with Crippen LogP contribution in [0.5, 0.6) is 0 Å². The maximum atomic E-state index is 12.4. The van der Waals surface area contributed by atoms with Crippen molar-refractivity contribution in [3.63, 3.8) is 0 Å². The predicted molar refractivity (Wildman–Crippen MR) is 117 cm³/mol. The van der Waals surface area contributed by atoms with Gasteiger partial charge in [-0.05, 0) is 38.8 Å². The van der Waals surface area contributed by atoms with Gasteiger partial charge in [0.05, 0.1) is 11.4 Å². The number of halogens is 1. The van der Waals surface area contributed by atoms with E-state index in [-0.39, 0.29) is 17.7 Å². The van der Waals surface area contributed by atoms with Crippen molar-refractivity contribution in [1.29, 1.82) is 0 Å². The van der Waals surface area contributed by atoms with Gasteiger partial charge in [-0.3, -0.25) is 4.79 Å². The second-order valence-corrected chi connectivity index (χ2v) is 9.68. The summed E-state index contributed by atoms with van der Waals surface area (Å²) < 4.78 is 3.18. The molecule has 0 spiro atoms. The van der Waals surface area contributed by atoms with Crippen LogP contribution in [0.2, 0.25) is 0 Å². The van der Waals surface area contributed by atoms with Gasteiger partial charge in [-0.1, -0.05) is 39.8 Å². The molecule has 1 aromatic carbocycles. The average Bonchev–Trinajstić information content (AvgIpc) is 3.25. The Morgan fingerprint density at radius 1 is 1.32 bits per heavy atom. The maximum Gasteiger partial charge on any atom is 0.236 e. The number of amides is 1. The molecule has 4 rings (SSSR count). The molecule has 6 nitrogen and oxygen atoms in total. The first-order valence-corrected chi connectivity index (χ1v) is 11.8. The van der Waals surface area contributed by atoms with Crippen molar-refractivity contribution >= 4 is 50.1 Å². The van der Waals surface area contributed by atoms with Crippen LogP contribution in [0.3, 0.4) is 0 Å². The smallest absolute Gasteiger partial charge is 0.236 e. The molecule has 0 aliphatic heterocycles.